The molecule has 0 aromatic heterocycles. The lowest BCUT2D eigenvalue weighted by Gasteiger charge is -2.21. The average Bonchev–Trinajstić information content (AvgIpc) is 2.11. The van der Waals surface area contributed by atoms with E-state index in [1.807, 2.05) is 25.9 Å². The monoisotopic (exact) mass is 233 g/mol. The van der Waals surface area contributed by atoms with E-state index in [1.54, 1.807) is 6.07 Å². The Morgan fingerprint density at radius 2 is 1.80 bits per heavy atom. The molecule has 0 rings (SSSR count). The molecule has 0 amide bonds. The van der Waals surface area contributed by atoms with E-state index in [9.17, 15) is 8.42 Å². The smallest absolute Gasteiger partial charge is 0.227 e. The number of rotatable bonds is 7. The molecule has 0 atom stereocenters. The van der Waals surface area contributed by atoms with Gasteiger partial charge in [0.05, 0.1) is 6.07 Å². The minimum Gasteiger partial charge on any atom is -0.308 e. The van der Waals surface area contributed by atoms with Crippen LogP contribution in [0, 0.1) is 11.3 Å². The van der Waals surface area contributed by atoms with Gasteiger partial charge in [-0.1, -0.05) is 6.92 Å². The topological polar surface area (TPSA) is 64.4 Å². The zero-order chi connectivity index (χ0) is 11.9. The van der Waals surface area contributed by atoms with Crippen LogP contribution in [-0.4, -0.2) is 57.1 Å². The van der Waals surface area contributed by atoms with Gasteiger partial charge in [-0.05, 0) is 20.5 Å². The van der Waals surface area contributed by atoms with Crippen molar-refractivity contribution in [3.8, 4) is 6.07 Å². The molecule has 0 saturated heterocycles. The van der Waals surface area contributed by atoms with Crippen LogP contribution in [0.3, 0.4) is 0 Å². The van der Waals surface area contributed by atoms with Crippen LogP contribution in [0.5, 0.6) is 0 Å². The molecule has 15 heavy (non-hydrogen) atoms. The number of hydrogen-bond donors (Lipinski definition) is 0. The summed E-state index contributed by atoms with van der Waals surface area (Å²) in [6.07, 6.45) is 0.762. The third-order valence-electron chi connectivity index (χ3n) is 1.91. The van der Waals surface area contributed by atoms with Crippen molar-refractivity contribution >= 4 is 10.0 Å². The van der Waals surface area contributed by atoms with Gasteiger partial charge in [0.25, 0.3) is 0 Å². The second-order valence-corrected chi connectivity index (χ2v) is 5.59. The first-order chi connectivity index (χ1) is 6.94. The molecule has 0 aromatic rings. The number of nitriles is 1. The lowest BCUT2D eigenvalue weighted by Crippen LogP contribution is -2.38. The van der Waals surface area contributed by atoms with Crippen molar-refractivity contribution in [3.05, 3.63) is 0 Å². The Balaban J connectivity index is 4.45. The lowest BCUT2D eigenvalue weighted by molar-refractivity contribution is 0.333. The summed E-state index contributed by atoms with van der Waals surface area (Å²) in [6.45, 7) is 3.53. The molecule has 0 aromatic carbocycles. The van der Waals surface area contributed by atoms with Crippen LogP contribution in [-0.2, 0) is 10.0 Å². The SMILES string of the molecule is CCCN(CCN(C)C)S(=O)(=O)CC#N. The highest BCUT2D eigenvalue weighted by atomic mass is 32.2. The van der Waals surface area contributed by atoms with Crippen LogP contribution in [0.4, 0.5) is 0 Å². The van der Waals surface area contributed by atoms with Gasteiger partial charge in [0, 0.05) is 19.6 Å². The molecular weight excluding hydrogens is 214 g/mol. The van der Waals surface area contributed by atoms with Gasteiger partial charge in [0.2, 0.25) is 10.0 Å². The summed E-state index contributed by atoms with van der Waals surface area (Å²) < 4.78 is 24.6. The second kappa shape index (κ2) is 6.77. The van der Waals surface area contributed by atoms with Crippen molar-refractivity contribution in [2.75, 3.05) is 39.5 Å². The molecule has 0 aliphatic carbocycles. The molecule has 0 aliphatic rings. The number of likely N-dealkylation sites (N-methyl/N-ethyl adjacent to an activating group) is 1. The highest BCUT2D eigenvalue weighted by Gasteiger charge is 2.20. The average molecular weight is 233 g/mol. The van der Waals surface area contributed by atoms with Crippen LogP contribution < -0.4 is 0 Å². The molecule has 88 valence electrons. The summed E-state index contributed by atoms with van der Waals surface area (Å²) in [5, 5.41) is 8.43. The fraction of sp³-hybridized carbons (Fsp3) is 0.889. The number of nitrogens with zero attached hydrogens (tertiary/aromatic N) is 3. The summed E-state index contributed by atoms with van der Waals surface area (Å²) in [5.74, 6) is -0.430. The maximum absolute atomic E-state index is 11.6. The maximum atomic E-state index is 11.6. The molecule has 0 fully saturated rings. The van der Waals surface area contributed by atoms with Crippen LogP contribution in [0.15, 0.2) is 0 Å². The highest BCUT2D eigenvalue weighted by Crippen LogP contribution is 2.02. The van der Waals surface area contributed by atoms with Gasteiger partial charge in [-0.2, -0.15) is 9.57 Å². The van der Waals surface area contributed by atoms with E-state index < -0.39 is 15.8 Å². The van der Waals surface area contributed by atoms with Crippen LogP contribution in [0.2, 0.25) is 0 Å². The highest BCUT2D eigenvalue weighted by molar-refractivity contribution is 7.89. The Labute approximate surface area is 92.3 Å². The first kappa shape index (κ1) is 14.4. The number of sulfonamides is 1. The standard InChI is InChI=1S/C9H19N3O2S/c1-4-6-12(8-7-11(2)3)15(13,14)9-5-10/h4,6-9H2,1-3H3. The van der Waals surface area contributed by atoms with Gasteiger partial charge < -0.3 is 4.90 Å². The number of hydrogen-bond acceptors (Lipinski definition) is 4. The van der Waals surface area contributed by atoms with Gasteiger partial charge >= 0.3 is 0 Å². The molecule has 6 heteroatoms. The van der Waals surface area contributed by atoms with Gasteiger partial charge in [-0.3, -0.25) is 0 Å². The summed E-state index contributed by atoms with van der Waals surface area (Å²) >= 11 is 0. The zero-order valence-electron chi connectivity index (χ0n) is 9.60. The predicted octanol–water partition coefficient (Wildman–Crippen LogP) is 0.113. The van der Waals surface area contributed by atoms with E-state index in [4.69, 9.17) is 5.26 Å². The molecule has 0 bridgehead atoms. The van der Waals surface area contributed by atoms with E-state index in [0.29, 0.717) is 19.6 Å². The Morgan fingerprint density at radius 3 is 2.20 bits per heavy atom. The van der Waals surface area contributed by atoms with Crippen molar-refractivity contribution in [2.24, 2.45) is 0 Å². The van der Waals surface area contributed by atoms with Crippen molar-refractivity contribution < 1.29 is 8.42 Å². The van der Waals surface area contributed by atoms with Gasteiger partial charge in [0.1, 0.15) is 0 Å². The van der Waals surface area contributed by atoms with E-state index in [0.717, 1.165) is 6.42 Å². The molecule has 0 spiro atoms. The van der Waals surface area contributed by atoms with Crippen LogP contribution in [0.25, 0.3) is 0 Å². The van der Waals surface area contributed by atoms with Gasteiger partial charge in [0.15, 0.2) is 5.75 Å². The predicted molar refractivity (Wildman–Crippen MR) is 59.8 cm³/mol. The molecule has 0 aliphatic heterocycles. The Hall–Kier alpha value is -0.640. The van der Waals surface area contributed by atoms with Gasteiger partial charge in [-0.25, -0.2) is 8.42 Å². The quantitative estimate of drug-likeness (QED) is 0.626. The molecule has 0 N–H and O–H groups in total. The Morgan fingerprint density at radius 1 is 1.20 bits per heavy atom. The van der Waals surface area contributed by atoms with E-state index in [2.05, 4.69) is 0 Å². The molecule has 0 radical (unpaired) electrons. The normalized spacial score (nSPS) is 12.0. The first-order valence-corrected chi connectivity index (χ1v) is 6.54. The maximum Gasteiger partial charge on any atom is 0.227 e. The lowest BCUT2D eigenvalue weighted by atomic mass is 10.4. The molecule has 0 heterocycles. The van der Waals surface area contributed by atoms with Crippen LogP contribution >= 0.6 is 0 Å². The molecule has 5 nitrogen and oxygen atoms in total. The first-order valence-electron chi connectivity index (χ1n) is 4.93. The minimum absolute atomic E-state index is 0.430. The second-order valence-electron chi connectivity index (χ2n) is 3.62. The fourth-order valence-corrected chi connectivity index (χ4v) is 2.29. The Kier molecular flexibility index (Phi) is 6.48. The largest absolute Gasteiger partial charge is 0.308 e. The van der Waals surface area contributed by atoms with Crippen molar-refractivity contribution in [1.29, 1.82) is 5.26 Å². The molecular formula is C9H19N3O2S. The molecule has 0 unspecified atom stereocenters. The molecule has 0 saturated carbocycles. The Bertz CT molecular complexity index is 306. The summed E-state index contributed by atoms with van der Waals surface area (Å²) in [6, 6.07) is 1.69. The summed E-state index contributed by atoms with van der Waals surface area (Å²) in [7, 11) is 0.395. The van der Waals surface area contributed by atoms with Crippen LogP contribution in [0.1, 0.15) is 13.3 Å². The summed E-state index contributed by atoms with van der Waals surface area (Å²) in [5.41, 5.74) is 0. The van der Waals surface area contributed by atoms with Crippen molar-refractivity contribution in [2.45, 2.75) is 13.3 Å². The third kappa shape index (κ3) is 5.72. The third-order valence-corrected chi connectivity index (χ3v) is 3.56. The zero-order valence-corrected chi connectivity index (χ0v) is 10.4. The van der Waals surface area contributed by atoms with Gasteiger partial charge in [-0.15, -0.1) is 0 Å². The fourth-order valence-electron chi connectivity index (χ4n) is 1.12. The van der Waals surface area contributed by atoms with E-state index in [1.165, 1.54) is 4.31 Å². The van der Waals surface area contributed by atoms with E-state index in [-0.39, 0.29) is 0 Å². The summed E-state index contributed by atoms with van der Waals surface area (Å²) in [4.78, 5) is 1.92. The minimum atomic E-state index is -3.38. The van der Waals surface area contributed by atoms with E-state index >= 15 is 0 Å². The van der Waals surface area contributed by atoms with Crippen molar-refractivity contribution in [1.82, 2.24) is 9.21 Å². The van der Waals surface area contributed by atoms with Crippen molar-refractivity contribution in [3.63, 3.8) is 0 Å².